The van der Waals surface area contributed by atoms with Gasteiger partial charge in [0, 0.05) is 32.8 Å². The van der Waals surface area contributed by atoms with Crippen molar-refractivity contribution < 1.29 is 4.42 Å². The lowest BCUT2D eigenvalue weighted by Gasteiger charge is -2.13. The Bertz CT molecular complexity index is 2780. The van der Waals surface area contributed by atoms with Crippen molar-refractivity contribution in [3.8, 4) is 39.9 Å². The molecule has 5 heteroatoms. The third-order valence-corrected chi connectivity index (χ3v) is 9.22. The average Bonchev–Trinajstić information content (AvgIpc) is 3.71. The van der Waals surface area contributed by atoms with E-state index in [0.717, 1.165) is 55.3 Å². The van der Waals surface area contributed by atoms with Crippen LogP contribution in [0.25, 0.3) is 94.4 Å². The molecule has 0 saturated carbocycles. The summed E-state index contributed by atoms with van der Waals surface area (Å²) < 4.78 is 8.97. The molecule has 3 aromatic heterocycles. The molecule has 0 radical (unpaired) electrons. The zero-order valence-corrected chi connectivity index (χ0v) is 25.7. The summed E-state index contributed by atoms with van der Waals surface area (Å²) in [4.78, 5) is 15.1. The van der Waals surface area contributed by atoms with Crippen LogP contribution < -0.4 is 0 Å². The van der Waals surface area contributed by atoms with Gasteiger partial charge < -0.3 is 8.98 Å². The first-order valence-electron chi connectivity index (χ1n) is 16.0. The van der Waals surface area contributed by atoms with E-state index in [0.29, 0.717) is 17.5 Å². The van der Waals surface area contributed by atoms with Crippen molar-refractivity contribution in [2.24, 2.45) is 0 Å². The Kier molecular flexibility index (Phi) is 5.81. The Morgan fingerprint density at radius 1 is 0.396 bits per heavy atom. The van der Waals surface area contributed by atoms with Crippen LogP contribution in [0.2, 0.25) is 0 Å². The first kappa shape index (κ1) is 26.6. The standard InChI is InChI=1S/C43H26N4O/c1-3-14-28(15-4-1)41-44-42(29-16-5-2-6-17-29)46-43(45-41)30-25-36(40-33-20-10-12-22-37(33)48-38(40)26-30)47-34-21-11-9-19-32(34)39-31-18-8-7-13-27(31)23-24-35(39)47/h1-26H. The summed E-state index contributed by atoms with van der Waals surface area (Å²) in [5, 5.41) is 6.98. The minimum atomic E-state index is 0.581. The maximum Gasteiger partial charge on any atom is 0.164 e. The monoisotopic (exact) mass is 614 g/mol. The predicted molar refractivity (Wildman–Crippen MR) is 195 cm³/mol. The molecule has 0 N–H and O–H groups in total. The first-order valence-corrected chi connectivity index (χ1v) is 16.0. The molecular formula is C43H26N4O. The number of hydrogen-bond donors (Lipinski definition) is 0. The molecule has 0 spiro atoms. The molecule has 5 nitrogen and oxygen atoms in total. The fourth-order valence-electron chi connectivity index (χ4n) is 7.07. The number of fused-ring (bicyclic) bond motifs is 8. The molecule has 7 aromatic carbocycles. The van der Waals surface area contributed by atoms with Crippen molar-refractivity contribution in [3.05, 3.63) is 158 Å². The lowest BCUT2D eigenvalue weighted by atomic mass is 10.0. The topological polar surface area (TPSA) is 56.7 Å². The molecule has 0 amide bonds. The molecule has 0 saturated heterocycles. The Labute approximate surface area is 275 Å². The summed E-state index contributed by atoms with van der Waals surface area (Å²) in [5.74, 6) is 1.82. The molecule has 48 heavy (non-hydrogen) atoms. The van der Waals surface area contributed by atoms with Crippen molar-refractivity contribution in [2.75, 3.05) is 0 Å². The highest BCUT2D eigenvalue weighted by molar-refractivity contribution is 6.22. The zero-order valence-electron chi connectivity index (χ0n) is 25.7. The van der Waals surface area contributed by atoms with E-state index in [-0.39, 0.29) is 0 Å². The summed E-state index contributed by atoms with van der Waals surface area (Å²) in [5.41, 5.74) is 7.58. The fraction of sp³-hybridized carbons (Fsp3) is 0. The van der Waals surface area contributed by atoms with Crippen molar-refractivity contribution >= 4 is 54.5 Å². The van der Waals surface area contributed by atoms with E-state index in [1.165, 1.54) is 21.5 Å². The zero-order chi connectivity index (χ0) is 31.6. The van der Waals surface area contributed by atoms with Gasteiger partial charge in [-0.2, -0.15) is 0 Å². The highest BCUT2D eigenvalue weighted by Crippen LogP contribution is 2.42. The molecule has 10 rings (SSSR count). The highest BCUT2D eigenvalue weighted by Gasteiger charge is 2.22. The van der Waals surface area contributed by atoms with E-state index >= 15 is 0 Å². The van der Waals surface area contributed by atoms with Gasteiger partial charge in [-0.15, -0.1) is 0 Å². The SMILES string of the molecule is c1ccc(-c2nc(-c3ccccc3)nc(-c3cc(-n4c5ccccc5c5c6ccccc6ccc54)c4c(c3)oc3ccccc34)n2)cc1. The Morgan fingerprint density at radius 2 is 0.979 bits per heavy atom. The van der Waals surface area contributed by atoms with Gasteiger partial charge in [0.25, 0.3) is 0 Å². The first-order chi connectivity index (χ1) is 23.8. The molecule has 224 valence electrons. The summed E-state index contributed by atoms with van der Waals surface area (Å²) >= 11 is 0. The molecule has 0 aliphatic rings. The third kappa shape index (κ3) is 4.08. The van der Waals surface area contributed by atoms with E-state index in [1.807, 2.05) is 72.8 Å². The fourth-order valence-corrected chi connectivity index (χ4v) is 7.07. The number of hydrogen-bond acceptors (Lipinski definition) is 4. The van der Waals surface area contributed by atoms with Crippen LogP contribution in [0.3, 0.4) is 0 Å². The highest BCUT2D eigenvalue weighted by atomic mass is 16.3. The number of para-hydroxylation sites is 2. The molecule has 0 aliphatic carbocycles. The second-order valence-corrected chi connectivity index (χ2v) is 12.0. The summed E-state index contributed by atoms with van der Waals surface area (Å²) in [7, 11) is 0. The maximum absolute atomic E-state index is 6.59. The van der Waals surface area contributed by atoms with Gasteiger partial charge in [0.05, 0.1) is 22.1 Å². The minimum Gasteiger partial charge on any atom is -0.456 e. The van der Waals surface area contributed by atoms with Crippen molar-refractivity contribution in [1.82, 2.24) is 19.5 Å². The number of furan rings is 1. The van der Waals surface area contributed by atoms with Crippen LogP contribution in [-0.2, 0) is 0 Å². The molecule has 0 bridgehead atoms. The van der Waals surface area contributed by atoms with Crippen LogP contribution in [0, 0.1) is 0 Å². The average molecular weight is 615 g/mol. The molecule has 0 unspecified atom stereocenters. The number of aromatic nitrogens is 4. The van der Waals surface area contributed by atoms with E-state index in [4.69, 9.17) is 19.4 Å². The van der Waals surface area contributed by atoms with Crippen LogP contribution in [0.4, 0.5) is 0 Å². The van der Waals surface area contributed by atoms with Gasteiger partial charge in [-0.1, -0.05) is 127 Å². The molecule has 0 atom stereocenters. The van der Waals surface area contributed by atoms with Crippen molar-refractivity contribution in [3.63, 3.8) is 0 Å². The quantitative estimate of drug-likeness (QED) is 0.198. The van der Waals surface area contributed by atoms with E-state index in [1.54, 1.807) is 0 Å². The normalized spacial score (nSPS) is 11.8. The third-order valence-electron chi connectivity index (χ3n) is 9.22. The van der Waals surface area contributed by atoms with Crippen LogP contribution in [-0.4, -0.2) is 19.5 Å². The summed E-state index contributed by atoms with van der Waals surface area (Å²) in [6.45, 7) is 0. The van der Waals surface area contributed by atoms with E-state index in [9.17, 15) is 0 Å². The largest absolute Gasteiger partial charge is 0.456 e. The molecular weight excluding hydrogens is 589 g/mol. The minimum absolute atomic E-state index is 0.581. The lowest BCUT2D eigenvalue weighted by molar-refractivity contribution is 0.669. The van der Waals surface area contributed by atoms with Gasteiger partial charge in [0.2, 0.25) is 0 Å². The predicted octanol–water partition coefficient (Wildman–Crippen LogP) is 11.0. The van der Waals surface area contributed by atoms with Crippen LogP contribution >= 0.6 is 0 Å². The lowest BCUT2D eigenvalue weighted by Crippen LogP contribution is -2.01. The van der Waals surface area contributed by atoms with Crippen LogP contribution in [0.5, 0.6) is 0 Å². The molecule has 10 aromatic rings. The van der Waals surface area contributed by atoms with Gasteiger partial charge in [-0.3, -0.25) is 0 Å². The number of nitrogens with zero attached hydrogens (tertiary/aromatic N) is 4. The molecule has 0 aliphatic heterocycles. The van der Waals surface area contributed by atoms with Crippen molar-refractivity contribution in [1.29, 1.82) is 0 Å². The maximum atomic E-state index is 6.59. The van der Waals surface area contributed by atoms with Gasteiger partial charge >= 0.3 is 0 Å². The molecule has 3 heterocycles. The molecule has 0 fully saturated rings. The van der Waals surface area contributed by atoms with Gasteiger partial charge in [-0.25, -0.2) is 15.0 Å². The summed E-state index contributed by atoms with van der Waals surface area (Å²) in [6, 6.07) is 54.4. The Balaban J connectivity index is 1.32. The van der Waals surface area contributed by atoms with E-state index < -0.39 is 0 Å². The van der Waals surface area contributed by atoms with Crippen molar-refractivity contribution in [2.45, 2.75) is 0 Å². The second kappa shape index (κ2) is 10.5. The Hall–Kier alpha value is -6.59. The van der Waals surface area contributed by atoms with E-state index in [2.05, 4.69) is 89.5 Å². The number of rotatable bonds is 4. The number of benzene rings is 7. The van der Waals surface area contributed by atoms with Gasteiger partial charge in [0.15, 0.2) is 17.5 Å². The summed E-state index contributed by atoms with van der Waals surface area (Å²) in [6.07, 6.45) is 0. The van der Waals surface area contributed by atoms with Gasteiger partial charge in [0.1, 0.15) is 11.2 Å². The van der Waals surface area contributed by atoms with Crippen LogP contribution in [0.1, 0.15) is 0 Å². The Morgan fingerprint density at radius 3 is 1.71 bits per heavy atom. The van der Waals surface area contributed by atoms with Gasteiger partial charge in [-0.05, 0) is 41.1 Å². The van der Waals surface area contributed by atoms with Crippen LogP contribution in [0.15, 0.2) is 162 Å². The smallest absolute Gasteiger partial charge is 0.164 e. The second-order valence-electron chi connectivity index (χ2n) is 12.0.